The first kappa shape index (κ1) is 16.4. The minimum Gasteiger partial charge on any atom is -0.369 e. The highest BCUT2D eigenvalue weighted by atomic mass is 32.1. The quantitative estimate of drug-likeness (QED) is 0.799. The maximum atomic E-state index is 11.7. The fraction of sp³-hybridized carbons (Fsp3) is 0.412. The van der Waals surface area contributed by atoms with E-state index in [-0.39, 0.29) is 5.78 Å². The van der Waals surface area contributed by atoms with Gasteiger partial charge in [0.15, 0.2) is 5.78 Å². The van der Waals surface area contributed by atoms with Crippen molar-refractivity contribution in [2.24, 2.45) is 0 Å². The minimum absolute atomic E-state index is 0.0153. The molecule has 6 nitrogen and oxygen atoms in total. The van der Waals surface area contributed by atoms with Crippen molar-refractivity contribution in [3.8, 4) is 6.07 Å². The Kier molecular flexibility index (Phi) is 4.76. The van der Waals surface area contributed by atoms with Gasteiger partial charge in [0.2, 0.25) is 5.13 Å². The molecule has 0 atom stereocenters. The number of rotatable bonds is 3. The van der Waals surface area contributed by atoms with E-state index in [1.165, 1.54) is 11.5 Å². The summed E-state index contributed by atoms with van der Waals surface area (Å²) < 4.78 is 4.25. The zero-order valence-corrected chi connectivity index (χ0v) is 14.6. The number of aryl methyl sites for hydroxylation is 1. The summed E-state index contributed by atoms with van der Waals surface area (Å²) in [5.74, 6) is 0.818. The average molecular weight is 341 g/mol. The van der Waals surface area contributed by atoms with Crippen LogP contribution >= 0.6 is 11.5 Å². The molecule has 1 saturated heterocycles. The highest BCUT2D eigenvalue weighted by Gasteiger charge is 2.20. The standard InChI is InChI=1S/C17H19N5OS/c1-12(23)14-4-5-15(11-18)16(10-14)21-6-3-7-22(9-8-21)17-19-13(2)20-24-17/h4-5,10H,3,6-9H2,1-2H3. The van der Waals surface area contributed by atoms with Gasteiger partial charge in [0, 0.05) is 43.3 Å². The molecular formula is C17H19N5OS. The maximum absolute atomic E-state index is 11.7. The van der Waals surface area contributed by atoms with Crippen molar-refractivity contribution in [2.75, 3.05) is 36.0 Å². The van der Waals surface area contributed by atoms with E-state index in [2.05, 4.69) is 25.2 Å². The van der Waals surface area contributed by atoms with Crippen molar-refractivity contribution in [3.05, 3.63) is 35.2 Å². The third-order valence-electron chi connectivity index (χ3n) is 4.15. The normalized spacial score (nSPS) is 15.0. The predicted molar refractivity (Wildman–Crippen MR) is 94.9 cm³/mol. The van der Waals surface area contributed by atoms with E-state index in [1.54, 1.807) is 19.1 Å². The number of benzene rings is 1. The zero-order valence-electron chi connectivity index (χ0n) is 13.8. The summed E-state index contributed by atoms with van der Waals surface area (Å²) in [5.41, 5.74) is 2.10. The maximum Gasteiger partial charge on any atom is 0.205 e. The summed E-state index contributed by atoms with van der Waals surface area (Å²) in [7, 11) is 0. The Bertz CT molecular complexity index is 795. The van der Waals surface area contributed by atoms with Crippen molar-refractivity contribution in [1.29, 1.82) is 5.26 Å². The summed E-state index contributed by atoms with van der Waals surface area (Å²) in [6.45, 7) is 6.83. The molecule has 24 heavy (non-hydrogen) atoms. The molecule has 1 fully saturated rings. The van der Waals surface area contributed by atoms with E-state index in [9.17, 15) is 10.1 Å². The van der Waals surface area contributed by atoms with Gasteiger partial charge in [0.05, 0.1) is 11.3 Å². The van der Waals surface area contributed by atoms with Gasteiger partial charge in [-0.05, 0) is 38.5 Å². The number of hydrogen-bond donors (Lipinski definition) is 0. The van der Waals surface area contributed by atoms with E-state index in [0.29, 0.717) is 11.1 Å². The molecule has 0 bridgehead atoms. The Morgan fingerprint density at radius 3 is 2.67 bits per heavy atom. The predicted octanol–water partition coefficient (Wildman–Crippen LogP) is 2.64. The van der Waals surface area contributed by atoms with Gasteiger partial charge in [-0.15, -0.1) is 0 Å². The number of nitrogens with zero attached hydrogens (tertiary/aromatic N) is 5. The summed E-state index contributed by atoms with van der Waals surface area (Å²) >= 11 is 1.43. The Morgan fingerprint density at radius 2 is 2.00 bits per heavy atom. The average Bonchev–Trinajstić information content (AvgIpc) is 2.87. The van der Waals surface area contributed by atoms with Gasteiger partial charge >= 0.3 is 0 Å². The Hall–Kier alpha value is -2.46. The Balaban J connectivity index is 1.82. The van der Waals surface area contributed by atoms with E-state index >= 15 is 0 Å². The zero-order chi connectivity index (χ0) is 17.1. The fourth-order valence-electron chi connectivity index (χ4n) is 2.87. The summed E-state index contributed by atoms with van der Waals surface area (Å²) in [4.78, 5) is 20.6. The number of carbonyl (C=O) groups is 1. The second-order valence-corrected chi connectivity index (χ2v) is 6.58. The van der Waals surface area contributed by atoms with Gasteiger partial charge < -0.3 is 9.80 Å². The van der Waals surface area contributed by atoms with Crippen molar-refractivity contribution < 1.29 is 4.79 Å². The molecule has 0 radical (unpaired) electrons. The first-order valence-corrected chi connectivity index (χ1v) is 8.71. The third kappa shape index (κ3) is 3.39. The number of Topliss-reactive ketones (excluding diaryl/α,β-unsaturated/α-hetero) is 1. The number of anilines is 2. The number of carbonyl (C=O) groups excluding carboxylic acids is 1. The number of aromatic nitrogens is 2. The Labute approximate surface area is 145 Å². The molecule has 1 aliphatic rings. The van der Waals surface area contributed by atoms with Crippen LogP contribution in [-0.4, -0.2) is 41.3 Å². The summed E-state index contributed by atoms with van der Waals surface area (Å²) in [6, 6.07) is 7.54. The number of nitriles is 1. The molecule has 2 heterocycles. The molecular weight excluding hydrogens is 322 g/mol. The molecule has 0 aliphatic carbocycles. The van der Waals surface area contributed by atoms with Crippen LogP contribution in [0.1, 0.15) is 35.1 Å². The van der Waals surface area contributed by atoms with Gasteiger partial charge in [0.25, 0.3) is 0 Å². The summed E-state index contributed by atoms with van der Waals surface area (Å²) in [6.07, 6.45) is 0.966. The van der Waals surface area contributed by atoms with Crippen LogP contribution < -0.4 is 9.80 Å². The SMILES string of the molecule is CC(=O)c1ccc(C#N)c(N2CCCN(c3nc(C)ns3)CC2)c1. The van der Waals surface area contributed by atoms with E-state index in [0.717, 1.165) is 49.2 Å². The van der Waals surface area contributed by atoms with Crippen molar-refractivity contribution >= 4 is 28.1 Å². The lowest BCUT2D eigenvalue weighted by Crippen LogP contribution is -2.31. The smallest absolute Gasteiger partial charge is 0.205 e. The van der Waals surface area contributed by atoms with Crippen molar-refractivity contribution in [3.63, 3.8) is 0 Å². The molecule has 7 heteroatoms. The molecule has 0 unspecified atom stereocenters. The monoisotopic (exact) mass is 341 g/mol. The summed E-state index contributed by atoms with van der Waals surface area (Å²) in [5, 5.41) is 10.3. The second-order valence-electron chi connectivity index (χ2n) is 5.85. The van der Waals surface area contributed by atoms with Gasteiger partial charge in [-0.3, -0.25) is 4.79 Å². The first-order valence-electron chi connectivity index (χ1n) is 7.94. The van der Waals surface area contributed by atoms with Crippen molar-refractivity contribution in [1.82, 2.24) is 9.36 Å². The molecule has 1 aliphatic heterocycles. The largest absolute Gasteiger partial charge is 0.369 e. The molecule has 3 rings (SSSR count). The van der Waals surface area contributed by atoms with Gasteiger partial charge in [-0.2, -0.15) is 9.64 Å². The highest BCUT2D eigenvalue weighted by Crippen LogP contribution is 2.25. The molecule has 0 N–H and O–H groups in total. The molecule has 2 aromatic rings. The van der Waals surface area contributed by atoms with Gasteiger partial charge in [0.1, 0.15) is 11.9 Å². The van der Waals surface area contributed by atoms with Crippen LogP contribution in [0.2, 0.25) is 0 Å². The van der Waals surface area contributed by atoms with Crippen LogP contribution in [0, 0.1) is 18.3 Å². The number of ketones is 1. The second kappa shape index (κ2) is 6.97. The molecule has 1 aromatic carbocycles. The first-order chi connectivity index (χ1) is 11.6. The lowest BCUT2D eigenvalue weighted by Gasteiger charge is -2.24. The van der Waals surface area contributed by atoms with E-state index in [4.69, 9.17) is 0 Å². The molecule has 124 valence electrons. The fourth-order valence-corrected chi connectivity index (χ4v) is 3.60. The third-order valence-corrected chi connectivity index (χ3v) is 5.02. The minimum atomic E-state index is 0.0153. The molecule has 1 aromatic heterocycles. The highest BCUT2D eigenvalue weighted by molar-refractivity contribution is 7.09. The van der Waals surface area contributed by atoms with Crippen LogP contribution in [0.4, 0.5) is 10.8 Å². The topological polar surface area (TPSA) is 73.1 Å². The molecule has 0 spiro atoms. The van der Waals surface area contributed by atoms with E-state index < -0.39 is 0 Å². The lowest BCUT2D eigenvalue weighted by atomic mass is 10.1. The van der Waals surface area contributed by atoms with E-state index in [1.807, 2.05) is 13.0 Å². The molecule has 0 amide bonds. The number of hydrogen-bond acceptors (Lipinski definition) is 7. The van der Waals surface area contributed by atoms with Crippen LogP contribution in [0.3, 0.4) is 0 Å². The Morgan fingerprint density at radius 1 is 1.25 bits per heavy atom. The van der Waals surface area contributed by atoms with Gasteiger partial charge in [-0.1, -0.05) is 0 Å². The van der Waals surface area contributed by atoms with Gasteiger partial charge in [-0.25, -0.2) is 4.98 Å². The van der Waals surface area contributed by atoms with Crippen LogP contribution in [0.5, 0.6) is 0 Å². The molecule has 0 saturated carbocycles. The van der Waals surface area contributed by atoms with Crippen LogP contribution in [0.25, 0.3) is 0 Å². The van der Waals surface area contributed by atoms with Crippen molar-refractivity contribution in [2.45, 2.75) is 20.3 Å². The van der Waals surface area contributed by atoms with Crippen LogP contribution in [0.15, 0.2) is 18.2 Å². The van der Waals surface area contributed by atoms with Crippen LogP contribution in [-0.2, 0) is 0 Å². The lowest BCUT2D eigenvalue weighted by molar-refractivity contribution is 0.101.